The van der Waals surface area contributed by atoms with Gasteiger partial charge in [-0.25, -0.2) is 13.1 Å². The number of halogens is 2. The molecule has 0 heterocycles. The molecule has 2 aromatic rings. The molecule has 0 saturated heterocycles. The zero-order valence-corrected chi connectivity index (χ0v) is 14.2. The highest BCUT2D eigenvalue weighted by Crippen LogP contribution is 2.25. The number of sulfonamides is 1. The van der Waals surface area contributed by atoms with Crippen molar-refractivity contribution in [2.24, 2.45) is 0 Å². The van der Waals surface area contributed by atoms with Crippen LogP contribution in [0.25, 0.3) is 0 Å². The van der Waals surface area contributed by atoms with E-state index in [1.807, 2.05) is 13.0 Å². The second kappa shape index (κ2) is 7.33. The molecule has 0 fully saturated rings. The summed E-state index contributed by atoms with van der Waals surface area (Å²) in [5, 5.41) is 0.664. The standard InChI is InChI=1S/C15H15Cl2NO3S/c1-11-6-7-12(16)14(10-11)21-9-8-18-22(19,20)15-5-3-2-4-13(15)17/h2-7,10,18H,8-9H2,1H3. The van der Waals surface area contributed by atoms with Crippen molar-refractivity contribution in [3.63, 3.8) is 0 Å². The molecular formula is C15H15Cl2NO3S. The largest absolute Gasteiger partial charge is 0.491 e. The lowest BCUT2D eigenvalue weighted by Crippen LogP contribution is -2.28. The van der Waals surface area contributed by atoms with Gasteiger partial charge in [0, 0.05) is 6.54 Å². The van der Waals surface area contributed by atoms with Crippen LogP contribution in [0, 0.1) is 6.92 Å². The second-order valence-electron chi connectivity index (χ2n) is 4.61. The lowest BCUT2D eigenvalue weighted by molar-refractivity contribution is 0.323. The van der Waals surface area contributed by atoms with E-state index in [0.29, 0.717) is 10.8 Å². The Morgan fingerprint density at radius 3 is 2.55 bits per heavy atom. The van der Waals surface area contributed by atoms with Crippen molar-refractivity contribution in [3.8, 4) is 5.75 Å². The summed E-state index contributed by atoms with van der Waals surface area (Å²) in [6, 6.07) is 11.7. The maximum atomic E-state index is 12.1. The first kappa shape index (κ1) is 17.1. The van der Waals surface area contributed by atoms with Crippen molar-refractivity contribution in [1.29, 1.82) is 0 Å². The van der Waals surface area contributed by atoms with Crippen LogP contribution in [0.1, 0.15) is 5.56 Å². The summed E-state index contributed by atoms with van der Waals surface area (Å²) in [4.78, 5) is 0.0465. The van der Waals surface area contributed by atoms with E-state index in [4.69, 9.17) is 27.9 Å². The van der Waals surface area contributed by atoms with E-state index in [1.165, 1.54) is 12.1 Å². The average Bonchev–Trinajstić information content (AvgIpc) is 2.47. The first-order valence-electron chi connectivity index (χ1n) is 6.53. The lowest BCUT2D eigenvalue weighted by Gasteiger charge is -2.11. The van der Waals surface area contributed by atoms with Gasteiger partial charge < -0.3 is 4.74 Å². The van der Waals surface area contributed by atoms with E-state index >= 15 is 0 Å². The van der Waals surface area contributed by atoms with Gasteiger partial charge in [0.15, 0.2) is 0 Å². The molecule has 0 bridgehead atoms. The van der Waals surface area contributed by atoms with Crippen molar-refractivity contribution in [2.75, 3.05) is 13.2 Å². The molecule has 0 aliphatic heterocycles. The minimum Gasteiger partial charge on any atom is -0.491 e. The Kier molecular flexibility index (Phi) is 5.69. The van der Waals surface area contributed by atoms with E-state index < -0.39 is 10.0 Å². The summed E-state index contributed by atoms with van der Waals surface area (Å²) in [6.45, 7) is 2.19. The van der Waals surface area contributed by atoms with Gasteiger partial charge in [0.25, 0.3) is 0 Å². The minimum atomic E-state index is -3.66. The first-order valence-corrected chi connectivity index (χ1v) is 8.77. The highest BCUT2D eigenvalue weighted by atomic mass is 35.5. The molecule has 0 atom stereocenters. The Morgan fingerprint density at radius 1 is 1.09 bits per heavy atom. The van der Waals surface area contributed by atoms with Crippen molar-refractivity contribution < 1.29 is 13.2 Å². The zero-order chi connectivity index (χ0) is 16.2. The summed E-state index contributed by atoms with van der Waals surface area (Å²) >= 11 is 11.9. The highest BCUT2D eigenvalue weighted by Gasteiger charge is 2.16. The number of hydrogen-bond donors (Lipinski definition) is 1. The van der Waals surface area contributed by atoms with Crippen LogP contribution in [0.3, 0.4) is 0 Å². The van der Waals surface area contributed by atoms with E-state index in [1.54, 1.807) is 24.3 Å². The molecular weight excluding hydrogens is 345 g/mol. The summed E-state index contributed by atoms with van der Waals surface area (Å²) in [5.74, 6) is 0.526. The molecule has 2 rings (SSSR count). The summed E-state index contributed by atoms with van der Waals surface area (Å²) in [6.07, 6.45) is 0. The SMILES string of the molecule is Cc1ccc(Cl)c(OCCNS(=O)(=O)c2ccccc2Cl)c1. The molecule has 118 valence electrons. The van der Waals surface area contributed by atoms with Crippen LogP contribution < -0.4 is 9.46 Å². The Hall–Kier alpha value is -1.27. The fourth-order valence-corrected chi connectivity index (χ4v) is 3.50. The molecule has 0 aliphatic carbocycles. The topological polar surface area (TPSA) is 55.4 Å². The molecule has 0 spiro atoms. The van der Waals surface area contributed by atoms with Crippen LogP contribution >= 0.6 is 23.2 Å². The first-order chi connectivity index (χ1) is 10.4. The lowest BCUT2D eigenvalue weighted by atomic mass is 10.2. The smallest absolute Gasteiger partial charge is 0.242 e. The molecule has 1 N–H and O–H groups in total. The van der Waals surface area contributed by atoms with Crippen molar-refractivity contribution in [2.45, 2.75) is 11.8 Å². The van der Waals surface area contributed by atoms with E-state index in [9.17, 15) is 8.42 Å². The van der Waals surface area contributed by atoms with Gasteiger partial charge in [0.1, 0.15) is 17.3 Å². The minimum absolute atomic E-state index is 0.0465. The molecule has 4 nitrogen and oxygen atoms in total. The number of rotatable bonds is 6. The van der Waals surface area contributed by atoms with Gasteiger partial charge in [-0.3, -0.25) is 0 Å². The van der Waals surface area contributed by atoms with Crippen molar-refractivity contribution >= 4 is 33.2 Å². The zero-order valence-electron chi connectivity index (χ0n) is 11.8. The molecule has 2 aromatic carbocycles. The van der Waals surface area contributed by atoms with Gasteiger partial charge in [-0.15, -0.1) is 0 Å². The predicted molar refractivity (Wildman–Crippen MR) is 88.3 cm³/mol. The van der Waals surface area contributed by atoms with E-state index in [2.05, 4.69) is 4.72 Å². The Labute approximate surface area is 140 Å². The predicted octanol–water partition coefficient (Wildman–Crippen LogP) is 3.66. The Morgan fingerprint density at radius 2 is 1.82 bits per heavy atom. The third-order valence-electron chi connectivity index (χ3n) is 2.86. The average molecular weight is 360 g/mol. The van der Waals surface area contributed by atoms with Crippen molar-refractivity contribution in [1.82, 2.24) is 4.72 Å². The summed E-state index contributed by atoms with van der Waals surface area (Å²) in [5.41, 5.74) is 1.01. The molecule has 0 aromatic heterocycles. The molecule has 0 saturated carbocycles. The number of nitrogens with one attached hydrogen (secondary N) is 1. The third kappa shape index (κ3) is 4.36. The van der Waals surface area contributed by atoms with Gasteiger partial charge in [0.2, 0.25) is 10.0 Å². The van der Waals surface area contributed by atoms with Crippen molar-refractivity contribution in [3.05, 3.63) is 58.1 Å². The number of aryl methyl sites for hydroxylation is 1. The van der Waals surface area contributed by atoms with Crippen LogP contribution in [0.4, 0.5) is 0 Å². The van der Waals surface area contributed by atoms with E-state index in [0.717, 1.165) is 5.56 Å². The number of hydrogen-bond acceptors (Lipinski definition) is 3. The fourth-order valence-electron chi connectivity index (χ4n) is 1.80. The van der Waals surface area contributed by atoms with Gasteiger partial charge in [0.05, 0.1) is 10.0 Å². The second-order valence-corrected chi connectivity index (χ2v) is 7.16. The Balaban J connectivity index is 1.94. The normalized spacial score (nSPS) is 11.4. The van der Waals surface area contributed by atoms with Crippen LogP contribution in [0.5, 0.6) is 5.75 Å². The maximum absolute atomic E-state index is 12.1. The molecule has 22 heavy (non-hydrogen) atoms. The highest BCUT2D eigenvalue weighted by molar-refractivity contribution is 7.89. The van der Waals surface area contributed by atoms with Gasteiger partial charge in [-0.1, -0.05) is 41.4 Å². The number of ether oxygens (including phenoxy) is 1. The van der Waals surface area contributed by atoms with Gasteiger partial charge >= 0.3 is 0 Å². The van der Waals surface area contributed by atoms with Gasteiger partial charge in [-0.05, 0) is 36.8 Å². The molecule has 0 radical (unpaired) electrons. The maximum Gasteiger partial charge on any atom is 0.242 e. The van der Waals surface area contributed by atoms with Crippen LogP contribution in [-0.2, 0) is 10.0 Å². The van der Waals surface area contributed by atoms with Crippen LogP contribution in [0.2, 0.25) is 10.0 Å². The fraction of sp³-hybridized carbons (Fsp3) is 0.200. The third-order valence-corrected chi connectivity index (χ3v) is 5.14. The Bertz CT molecular complexity index is 763. The van der Waals surface area contributed by atoms with Gasteiger partial charge in [-0.2, -0.15) is 0 Å². The molecule has 0 amide bonds. The summed E-state index contributed by atoms with van der Waals surface area (Å²) < 4.78 is 32.1. The molecule has 7 heteroatoms. The van der Waals surface area contributed by atoms with Crippen LogP contribution in [0.15, 0.2) is 47.4 Å². The summed E-state index contributed by atoms with van der Waals surface area (Å²) in [7, 11) is -3.66. The van der Waals surface area contributed by atoms with Crippen LogP contribution in [-0.4, -0.2) is 21.6 Å². The molecule has 0 aliphatic rings. The van der Waals surface area contributed by atoms with E-state index in [-0.39, 0.29) is 23.1 Å². The quantitative estimate of drug-likeness (QED) is 0.800. The monoisotopic (exact) mass is 359 g/mol. The molecule has 0 unspecified atom stereocenters. The number of benzene rings is 2.